The van der Waals surface area contributed by atoms with Gasteiger partial charge in [-0.05, 0) is 32.0 Å². The van der Waals surface area contributed by atoms with E-state index in [-0.39, 0.29) is 11.8 Å². The first kappa shape index (κ1) is 19.0. The predicted octanol–water partition coefficient (Wildman–Crippen LogP) is 2.97. The average Bonchev–Trinajstić information content (AvgIpc) is 3.31. The zero-order chi connectivity index (χ0) is 21.5. The highest BCUT2D eigenvalue weighted by Gasteiger charge is 2.34. The third-order valence-electron chi connectivity index (χ3n) is 5.38. The second-order valence-corrected chi connectivity index (χ2v) is 7.41. The zero-order valence-electron chi connectivity index (χ0n) is 17.2. The summed E-state index contributed by atoms with van der Waals surface area (Å²) < 4.78 is 9.19. The molecular formula is C22H21N7O2. The van der Waals surface area contributed by atoms with Crippen LogP contribution in [0.15, 0.2) is 49.1 Å². The molecule has 1 aromatic carbocycles. The van der Waals surface area contributed by atoms with Gasteiger partial charge in [0.15, 0.2) is 17.3 Å². The fraction of sp³-hybridized carbons (Fsp3) is 0.227. The van der Waals surface area contributed by atoms with Crippen LogP contribution < -0.4 is 10.1 Å². The SMILES string of the molecule is C=CCOc1ccccc1C1CC(=O)Nc2c1c(C)nn2-c1ccc2nnc(C)n2n1. The third kappa shape index (κ3) is 3.14. The molecule has 3 aromatic heterocycles. The average molecular weight is 415 g/mol. The molecule has 156 valence electrons. The minimum atomic E-state index is -0.182. The van der Waals surface area contributed by atoms with E-state index in [1.165, 1.54) is 0 Å². The van der Waals surface area contributed by atoms with Crippen LogP contribution in [0.2, 0.25) is 0 Å². The summed E-state index contributed by atoms with van der Waals surface area (Å²) in [7, 11) is 0. The molecule has 4 heterocycles. The van der Waals surface area contributed by atoms with Gasteiger partial charge in [-0.15, -0.1) is 15.3 Å². The standard InChI is InChI=1S/C22H21N7O2/c1-4-11-31-17-8-6-5-7-15(17)16-12-20(30)23-22-21(16)13(2)26-29(22)19-10-9-18-25-24-14(3)28(18)27-19/h4-10,16H,1,11-12H2,2-3H3,(H,23,30). The molecule has 1 aliphatic rings. The van der Waals surface area contributed by atoms with Crippen LogP contribution >= 0.6 is 0 Å². The lowest BCUT2D eigenvalue weighted by atomic mass is 9.85. The van der Waals surface area contributed by atoms with Crippen molar-refractivity contribution in [3.63, 3.8) is 0 Å². The Balaban J connectivity index is 1.65. The second-order valence-electron chi connectivity index (χ2n) is 7.41. The number of nitrogens with zero attached hydrogens (tertiary/aromatic N) is 6. The Morgan fingerprint density at radius 2 is 2.03 bits per heavy atom. The molecule has 0 saturated carbocycles. The molecule has 5 rings (SSSR count). The number of nitrogens with one attached hydrogen (secondary N) is 1. The Morgan fingerprint density at radius 3 is 2.87 bits per heavy atom. The van der Waals surface area contributed by atoms with Gasteiger partial charge in [-0.3, -0.25) is 4.79 Å². The van der Waals surface area contributed by atoms with E-state index in [1.54, 1.807) is 15.3 Å². The van der Waals surface area contributed by atoms with Crippen molar-refractivity contribution in [1.82, 2.24) is 29.6 Å². The molecule has 1 atom stereocenters. The van der Waals surface area contributed by atoms with Gasteiger partial charge in [0, 0.05) is 23.5 Å². The summed E-state index contributed by atoms with van der Waals surface area (Å²) in [5.74, 6) is 2.33. The van der Waals surface area contributed by atoms with Gasteiger partial charge in [0.2, 0.25) is 5.91 Å². The summed E-state index contributed by atoms with van der Waals surface area (Å²) in [6.07, 6.45) is 2.01. The number of hydrogen-bond donors (Lipinski definition) is 1. The normalized spacial score (nSPS) is 15.5. The molecule has 1 unspecified atom stereocenters. The van der Waals surface area contributed by atoms with Crippen LogP contribution in [0.4, 0.5) is 5.82 Å². The van der Waals surface area contributed by atoms with E-state index in [2.05, 4.69) is 27.2 Å². The molecule has 9 nitrogen and oxygen atoms in total. The van der Waals surface area contributed by atoms with Gasteiger partial charge in [0.1, 0.15) is 18.2 Å². The number of aryl methyl sites for hydroxylation is 2. The van der Waals surface area contributed by atoms with Crippen molar-refractivity contribution in [2.24, 2.45) is 0 Å². The van der Waals surface area contributed by atoms with Crippen LogP contribution in [0, 0.1) is 13.8 Å². The largest absolute Gasteiger partial charge is 0.489 e. The Kier molecular flexibility index (Phi) is 4.50. The Bertz CT molecular complexity index is 1320. The molecule has 31 heavy (non-hydrogen) atoms. The number of fused-ring (bicyclic) bond motifs is 2. The summed E-state index contributed by atoms with van der Waals surface area (Å²) >= 11 is 0. The van der Waals surface area contributed by atoms with Crippen molar-refractivity contribution >= 4 is 17.4 Å². The number of ether oxygens (including phenoxy) is 1. The van der Waals surface area contributed by atoms with Crippen LogP contribution in [0.1, 0.15) is 35.0 Å². The number of aromatic nitrogens is 6. The third-order valence-corrected chi connectivity index (χ3v) is 5.38. The van der Waals surface area contributed by atoms with E-state index >= 15 is 0 Å². The topological polar surface area (TPSA) is 99.2 Å². The van der Waals surface area contributed by atoms with E-state index in [4.69, 9.17) is 9.84 Å². The van der Waals surface area contributed by atoms with E-state index < -0.39 is 0 Å². The first-order valence-electron chi connectivity index (χ1n) is 9.98. The molecule has 0 radical (unpaired) electrons. The summed E-state index contributed by atoms with van der Waals surface area (Å²) in [4.78, 5) is 12.7. The Labute approximate surface area is 178 Å². The number of anilines is 1. The lowest BCUT2D eigenvalue weighted by Gasteiger charge is -2.25. The lowest BCUT2D eigenvalue weighted by molar-refractivity contribution is -0.116. The maximum atomic E-state index is 12.7. The first-order valence-corrected chi connectivity index (χ1v) is 9.98. The molecule has 0 fully saturated rings. The monoisotopic (exact) mass is 415 g/mol. The van der Waals surface area contributed by atoms with Crippen molar-refractivity contribution < 1.29 is 9.53 Å². The maximum Gasteiger partial charge on any atom is 0.226 e. The molecule has 9 heteroatoms. The summed E-state index contributed by atoms with van der Waals surface area (Å²) in [5.41, 5.74) is 3.37. The van der Waals surface area contributed by atoms with Crippen molar-refractivity contribution in [2.75, 3.05) is 11.9 Å². The van der Waals surface area contributed by atoms with Gasteiger partial charge in [-0.25, -0.2) is 0 Å². The molecule has 0 bridgehead atoms. The summed E-state index contributed by atoms with van der Waals surface area (Å²) in [5, 5.41) is 20.4. The number of amides is 1. The van der Waals surface area contributed by atoms with Crippen molar-refractivity contribution in [3.05, 3.63) is 71.7 Å². The highest BCUT2D eigenvalue weighted by atomic mass is 16.5. The Hall–Kier alpha value is -4.01. The molecule has 1 N–H and O–H groups in total. The van der Waals surface area contributed by atoms with Crippen molar-refractivity contribution in [2.45, 2.75) is 26.2 Å². The zero-order valence-corrected chi connectivity index (χ0v) is 17.2. The van der Waals surface area contributed by atoms with Crippen molar-refractivity contribution in [3.8, 4) is 11.6 Å². The fourth-order valence-corrected chi connectivity index (χ4v) is 4.03. The number of para-hydroxylation sites is 1. The number of benzene rings is 1. The number of rotatable bonds is 5. The predicted molar refractivity (Wildman–Crippen MR) is 115 cm³/mol. The highest BCUT2D eigenvalue weighted by molar-refractivity contribution is 5.95. The van der Waals surface area contributed by atoms with Gasteiger partial charge in [-0.1, -0.05) is 30.9 Å². The highest BCUT2D eigenvalue weighted by Crippen LogP contribution is 2.42. The van der Waals surface area contributed by atoms with Crippen LogP contribution in [-0.4, -0.2) is 42.1 Å². The van der Waals surface area contributed by atoms with E-state index in [9.17, 15) is 4.79 Å². The molecule has 0 aliphatic carbocycles. The van der Waals surface area contributed by atoms with E-state index in [0.29, 0.717) is 36.1 Å². The van der Waals surface area contributed by atoms with Gasteiger partial charge in [-0.2, -0.15) is 14.3 Å². The first-order chi connectivity index (χ1) is 15.1. The van der Waals surface area contributed by atoms with Crippen LogP contribution in [-0.2, 0) is 4.79 Å². The van der Waals surface area contributed by atoms with Crippen LogP contribution in [0.25, 0.3) is 11.5 Å². The number of carbonyl (C=O) groups is 1. The molecule has 1 amide bonds. The lowest BCUT2D eigenvalue weighted by Crippen LogP contribution is -2.25. The van der Waals surface area contributed by atoms with Gasteiger partial charge in [0.05, 0.1) is 5.69 Å². The number of carbonyl (C=O) groups excluding carboxylic acids is 1. The fourth-order valence-electron chi connectivity index (χ4n) is 4.03. The summed E-state index contributed by atoms with van der Waals surface area (Å²) in [6, 6.07) is 11.4. The number of hydrogen-bond acceptors (Lipinski definition) is 6. The summed E-state index contributed by atoms with van der Waals surface area (Å²) in [6.45, 7) is 7.88. The van der Waals surface area contributed by atoms with Crippen molar-refractivity contribution in [1.29, 1.82) is 0 Å². The molecule has 1 aliphatic heterocycles. The molecule has 4 aromatic rings. The smallest absolute Gasteiger partial charge is 0.226 e. The molecule has 0 saturated heterocycles. The molecular weight excluding hydrogens is 394 g/mol. The molecule has 0 spiro atoms. The van der Waals surface area contributed by atoms with Crippen LogP contribution in [0.5, 0.6) is 5.75 Å². The van der Waals surface area contributed by atoms with Gasteiger partial charge < -0.3 is 10.1 Å². The van der Waals surface area contributed by atoms with Gasteiger partial charge in [0.25, 0.3) is 0 Å². The van der Waals surface area contributed by atoms with E-state index in [0.717, 1.165) is 22.6 Å². The second kappa shape index (κ2) is 7.35. The van der Waals surface area contributed by atoms with Gasteiger partial charge >= 0.3 is 0 Å². The maximum absolute atomic E-state index is 12.7. The minimum absolute atomic E-state index is 0.0845. The minimum Gasteiger partial charge on any atom is -0.489 e. The Morgan fingerprint density at radius 1 is 1.19 bits per heavy atom. The van der Waals surface area contributed by atoms with E-state index in [1.807, 2.05) is 50.2 Å². The quantitative estimate of drug-likeness (QED) is 0.503. The van der Waals surface area contributed by atoms with Crippen LogP contribution in [0.3, 0.4) is 0 Å².